The molecule has 0 bridgehead atoms. The minimum Gasteiger partial charge on any atom is -0.321 e. The van der Waals surface area contributed by atoms with Gasteiger partial charge in [0.25, 0.3) is 5.91 Å². The molecule has 1 N–H and O–H groups in total. The van der Waals surface area contributed by atoms with E-state index in [9.17, 15) is 26.7 Å². The molecular formula is C17H14F5N5O. The number of carbonyl (C=O) groups is 1. The summed E-state index contributed by atoms with van der Waals surface area (Å²) in [5.74, 6) is -1.57. The van der Waals surface area contributed by atoms with E-state index in [1.165, 1.54) is 38.4 Å². The van der Waals surface area contributed by atoms with E-state index in [1.54, 1.807) is 0 Å². The van der Waals surface area contributed by atoms with E-state index in [0.29, 0.717) is 0 Å². The van der Waals surface area contributed by atoms with Gasteiger partial charge in [0.05, 0.1) is 5.69 Å². The number of hydrogen-bond donors (Lipinski definition) is 1. The molecule has 148 valence electrons. The van der Waals surface area contributed by atoms with Crippen LogP contribution >= 0.6 is 0 Å². The summed E-state index contributed by atoms with van der Waals surface area (Å²) < 4.78 is 68.0. The molecule has 1 amide bonds. The van der Waals surface area contributed by atoms with Gasteiger partial charge < -0.3 is 5.32 Å². The van der Waals surface area contributed by atoms with Gasteiger partial charge in [-0.3, -0.25) is 9.48 Å². The van der Waals surface area contributed by atoms with Crippen LogP contribution in [-0.2, 0) is 13.2 Å². The number of amides is 1. The van der Waals surface area contributed by atoms with Gasteiger partial charge in [0.15, 0.2) is 12.0 Å². The Morgan fingerprint density at radius 2 is 1.93 bits per heavy atom. The van der Waals surface area contributed by atoms with Crippen molar-refractivity contribution in [3.05, 3.63) is 53.7 Å². The molecule has 28 heavy (non-hydrogen) atoms. The summed E-state index contributed by atoms with van der Waals surface area (Å²) >= 11 is 0. The van der Waals surface area contributed by atoms with E-state index in [4.69, 9.17) is 0 Å². The summed E-state index contributed by atoms with van der Waals surface area (Å²) in [6, 6.07) is 5.52. The Labute approximate surface area is 155 Å². The first-order valence-corrected chi connectivity index (χ1v) is 7.98. The predicted molar refractivity (Wildman–Crippen MR) is 89.6 cm³/mol. The summed E-state index contributed by atoms with van der Waals surface area (Å²) in [5, 5.41) is 9.42. The van der Waals surface area contributed by atoms with Crippen LogP contribution in [0.3, 0.4) is 0 Å². The van der Waals surface area contributed by atoms with Crippen molar-refractivity contribution < 1.29 is 26.7 Å². The molecule has 0 saturated heterocycles. The van der Waals surface area contributed by atoms with Gasteiger partial charge in [-0.25, -0.2) is 13.5 Å². The standard InChI is InChI=1S/C17H14F5N5O/c1-9(18)27-13(5-6-23-27)16(28)24-10-3-4-11(12(19)7-10)14-8-15(17(20,21)22)25-26(14)2/h3-9H,1-2H3,(H,24,28). The smallest absolute Gasteiger partial charge is 0.321 e. The molecule has 3 aromatic rings. The fourth-order valence-electron chi connectivity index (χ4n) is 2.63. The number of nitrogens with one attached hydrogen (secondary N) is 1. The number of carbonyl (C=O) groups excluding carboxylic acids is 1. The van der Waals surface area contributed by atoms with Gasteiger partial charge in [0.2, 0.25) is 0 Å². The van der Waals surface area contributed by atoms with Gasteiger partial charge in [-0.15, -0.1) is 0 Å². The van der Waals surface area contributed by atoms with E-state index in [-0.39, 0.29) is 22.6 Å². The first kappa shape index (κ1) is 19.5. The second kappa shape index (κ2) is 7.06. The molecule has 1 atom stereocenters. The number of alkyl halides is 4. The van der Waals surface area contributed by atoms with E-state index in [1.807, 2.05) is 0 Å². The summed E-state index contributed by atoms with van der Waals surface area (Å²) in [5.41, 5.74) is -1.36. The lowest BCUT2D eigenvalue weighted by atomic mass is 10.1. The number of halogens is 5. The Bertz CT molecular complexity index is 1020. The zero-order chi connectivity index (χ0) is 20.6. The van der Waals surface area contributed by atoms with Crippen molar-refractivity contribution in [2.75, 3.05) is 5.32 Å². The highest BCUT2D eigenvalue weighted by Crippen LogP contribution is 2.32. The zero-order valence-corrected chi connectivity index (χ0v) is 14.6. The highest BCUT2D eigenvalue weighted by molar-refractivity contribution is 6.03. The van der Waals surface area contributed by atoms with Crippen molar-refractivity contribution >= 4 is 11.6 Å². The molecule has 6 nitrogen and oxygen atoms in total. The highest BCUT2D eigenvalue weighted by Gasteiger charge is 2.35. The number of nitrogens with zero attached hydrogens (tertiary/aromatic N) is 4. The van der Waals surface area contributed by atoms with Crippen molar-refractivity contribution in [1.82, 2.24) is 19.6 Å². The van der Waals surface area contributed by atoms with E-state index >= 15 is 0 Å². The van der Waals surface area contributed by atoms with E-state index in [2.05, 4.69) is 15.5 Å². The Morgan fingerprint density at radius 3 is 2.50 bits per heavy atom. The molecule has 1 aromatic carbocycles. The summed E-state index contributed by atoms with van der Waals surface area (Å²) in [4.78, 5) is 12.2. The molecule has 3 rings (SSSR count). The highest BCUT2D eigenvalue weighted by atomic mass is 19.4. The number of hydrogen-bond acceptors (Lipinski definition) is 3. The molecular weight excluding hydrogens is 385 g/mol. The van der Waals surface area contributed by atoms with Crippen LogP contribution in [0.25, 0.3) is 11.3 Å². The fourth-order valence-corrected chi connectivity index (χ4v) is 2.63. The topological polar surface area (TPSA) is 64.7 Å². The third-order valence-electron chi connectivity index (χ3n) is 3.91. The SMILES string of the molecule is CC(F)n1nccc1C(=O)Nc1ccc(-c2cc(C(F)(F)F)nn2C)c(F)c1. The lowest BCUT2D eigenvalue weighted by Gasteiger charge is -2.10. The number of benzene rings is 1. The molecule has 1 unspecified atom stereocenters. The van der Waals surface area contributed by atoms with Crippen LogP contribution in [0.15, 0.2) is 36.5 Å². The molecule has 0 aliphatic rings. The maximum atomic E-state index is 14.5. The minimum absolute atomic E-state index is 0.0451. The van der Waals surface area contributed by atoms with Gasteiger partial charge in [-0.1, -0.05) is 0 Å². The van der Waals surface area contributed by atoms with Gasteiger partial charge in [-0.05, 0) is 37.3 Å². The summed E-state index contributed by atoms with van der Waals surface area (Å²) in [6.07, 6.45) is -4.95. The first-order valence-electron chi connectivity index (χ1n) is 7.98. The average Bonchev–Trinajstić information content (AvgIpc) is 3.21. The molecule has 0 fully saturated rings. The number of anilines is 1. The number of aryl methyl sites for hydroxylation is 1. The van der Waals surface area contributed by atoms with Gasteiger partial charge in [0, 0.05) is 24.5 Å². The third-order valence-corrected chi connectivity index (χ3v) is 3.91. The lowest BCUT2D eigenvalue weighted by molar-refractivity contribution is -0.141. The number of rotatable bonds is 4. The van der Waals surface area contributed by atoms with Gasteiger partial charge in [0.1, 0.15) is 11.5 Å². The van der Waals surface area contributed by atoms with Crippen LogP contribution in [0.2, 0.25) is 0 Å². The molecule has 2 heterocycles. The van der Waals surface area contributed by atoms with E-state index in [0.717, 1.165) is 21.5 Å². The van der Waals surface area contributed by atoms with Crippen LogP contribution in [0.1, 0.15) is 29.4 Å². The quantitative estimate of drug-likeness (QED) is 0.670. The largest absolute Gasteiger partial charge is 0.435 e. The fraction of sp³-hybridized carbons (Fsp3) is 0.235. The first-order chi connectivity index (χ1) is 13.1. The Hall–Kier alpha value is -3.24. The maximum Gasteiger partial charge on any atom is 0.435 e. The lowest BCUT2D eigenvalue weighted by Crippen LogP contribution is -2.18. The van der Waals surface area contributed by atoms with Crippen LogP contribution in [-0.4, -0.2) is 25.5 Å². The normalized spacial score (nSPS) is 12.8. The predicted octanol–water partition coefficient (Wildman–Crippen LogP) is 4.18. The molecule has 0 saturated carbocycles. The molecule has 0 aliphatic carbocycles. The molecule has 2 aromatic heterocycles. The Balaban J connectivity index is 1.86. The average molecular weight is 399 g/mol. The van der Waals surface area contributed by atoms with Crippen LogP contribution in [0.4, 0.5) is 27.6 Å². The van der Waals surface area contributed by atoms with Crippen molar-refractivity contribution in [3.63, 3.8) is 0 Å². The van der Waals surface area contributed by atoms with Crippen LogP contribution in [0, 0.1) is 5.82 Å². The Morgan fingerprint density at radius 1 is 1.21 bits per heavy atom. The Kier molecular flexibility index (Phi) is 4.92. The van der Waals surface area contributed by atoms with Gasteiger partial charge in [-0.2, -0.15) is 23.4 Å². The summed E-state index contributed by atoms with van der Waals surface area (Å²) in [6.45, 7) is 1.20. The van der Waals surface area contributed by atoms with Crippen molar-refractivity contribution in [2.45, 2.75) is 19.4 Å². The summed E-state index contributed by atoms with van der Waals surface area (Å²) in [7, 11) is 1.26. The monoisotopic (exact) mass is 399 g/mol. The number of aromatic nitrogens is 4. The second-order valence-corrected chi connectivity index (χ2v) is 5.92. The van der Waals surface area contributed by atoms with Crippen molar-refractivity contribution in [3.8, 4) is 11.3 Å². The minimum atomic E-state index is -4.66. The molecule has 11 heteroatoms. The van der Waals surface area contributed by atoms with Gasteiger partial charge >= 0.3 is 6.18 Å². The van der Waals surface area contributed by atoms with Crippen LogP contribution < -0.4 is 5.32 Å². The zero-order valence-electron chi connectivity index (χ0n) is 14.6. The third kappa shape index (κ3) is 3.73. The maximum absolute atomic E-state index is 14.5. The van der Waals surface area contributed by atoms with Crippen molar-refractivity contribution in [1.29, 1.82) is 0 Å². The second-order valence-electron chi connectivity index (χ2n) is 5.92. The molecule has 0 aliphatic heterocycles. The van der Waals surface area contributed by atoms with Crippen molar-refractivity contribution in [2.24, 2.45) is 7.05 Å². The molecule has 0 radical (unpaired) electrons. The van der Waals surface area contributed by atoms with E-state index < -0.39 is 29.9 Å². The molecule has 0 spiro atoms. The van der Waals surface area contributed by atoms with Crippen LogP contribution in [0.5, 0.6) is 0 Å².